The first kappa shape index (κ1) is 17.6. The zero-order valence-electron chi connectivity index (χ0n) is 14.2. The van der Waals surface area contributed by atoms with Gasteiger partial charge in [-0.25, -0.2) is 0 Å². The van der Waals surface area contributed by atoms with E-state index in [2.05, 4.69) is 31.1 Å². The molecule has 0 N–H and O–H groups in total. The summed E-state index contributed by atoms with van der Waals surface area (Å²) in [5.74, 6) is 1.22. The molecule has 8 heteroatoms. The van der Waals surface area contributed by atoms with Gasteiger partial charge in [0.25, 0.3) is 5.91 Å². The van der Waals surface area contributed by atoms with Crippen LogP contribution in [0.5, 0.6) is 5.88 Å². The summed E-state index contributed by atoms with van der Waals surface area (Å²) in [6.45, 7) is 1.25. The number of piperidine rings is 1. The molecule has 1 atom stereocenters. The Morgan fingerprint density at radius 2 is 2.16 bits per heavy atom. The molecule has 1 fully saturated rings. The van der Waals surface area contributed by atoms with Gasteiger partial charge in [0.2, 0.25) is 5.88 Å². The average Bonchev–Trinajstić information content (AvgIpc) is 2.62. The van der Waals surface area contributed by atoms with Crippen molar-refractivity contribution in [3.63, 3.8) is 0 Å². The van der Waals surface area contributed by atoms with E-state index >= 15 is 0 Å². The lowest BCUT2D eigenvalue weighted by atomic mass is 10.1. The van der Waals surface area contributed by atoms with Gasteiger partial charge in [0.1, 0.15) is 6.10 Å². The maximum atomic E-state index is 12.6. The van der Waals surface area contributed by atoms with Crippen LogP contribution in [0.25, 0.3) is 0 Å². The molecule has 0 aliphatic carbocycles. The van der Waals surface area contributed by atoms with Crippen molar-refractivity contribution in [1.82, 2.24) is 20.1 Å². The second kappa shape index (κ2) is 7.77. The van der Waals surface area contributed by atoms with E-state index < -0.39 is 0 Å². The Labute approximate surface area is 155 Å². The van der Waals surface area contributed by atoms with Gasteiger partial charge in [-0.3, -0.25) is 9.78 Å². The molecule has 25 heavy (non-hydrogen) atoms. The number of hydrogen-bond donors (Lipinski definition) is 0. The van der Waals surface area contributed by atoms with E-state index in [1.807, 2.05) is 25.1 Å². The molecule has 3 heterocycles. The SMILES string of the molecule is CN(C)c1ccc(OC2CCCN(C(=O)c3cncc(Br)c3)C2)nn1. The first-order valence-corrected chi connectivity index (χ1v) is 8.90. The molecule has 0 spiro atoms. The molecule has 7 nitrogen and oxygen atoms in total. The Kier molecular flexibility index (Phi) is 5.47. The van der Waals surface area contributed by atoms with Crippen molar-refractivity contribution >= 4 is 27.7 Å². The fourth-order valence-corrected chi connectivity index (χ4v) is 3.08. The summed E-state index contributed by atoms with van der Waals surface area (Å²) in [5.41, 5.74) is 0.574. The van der Waals surface area contributed by atoms with E-state index in [0.29, 0.717) is 18.0 Å². The molecule has 2 aromatic heterocycles. The van der Waals surface area contributed by atoms with Crippen molar-refractivity contribution in [3.05, 3.63) is 40.6 Å². The maximum absolute atomic E-state index is 12.6. The lowest BCUT2D eigenvalue weighted by Gasteiger charge is -2.32. The van der Waals surface area contributed by atoms with Crippen molar-refractivity contribution in [2.45, 2.75) is 18.9 Å². The van der Waals surface area contributed by atoms with Crippen LogP contribution in [-0.2, 0) is 0 Å². The molecule has 0 saturated carbocycles. The molecule has 1 unspecified atom stereocenters. The normalized spacial score (nSPS) is 17.2. The third-order valence-corrected chi connectivity index (χ3v) is 4.42. The molecular formula is C17H20BrN5O2. The van der Waals surface area contributed by atoms with Crippen LogP contribution in [0.15, 0.2) is 35.1 Å². The topological polar surface area (TPSA) is 71.5 Å². The van der Waals surface area contributed by atoms with Crippen LogP contribution in [0.1, 0.15) is 23.2 Å². The van der Waals surface area contributed by atoms with Crippen LogP contribution in [0.4, 0.5) is 5.82 Å². The number of likely N-dealkylation sites (tertiary alicyclic amines) is 1. The fraction of sp³-hybridized carbons (Fsp3) is 0.412. The number of halogens is 1. The van der Waals surface area contributed by atoms with Crippen LogP contribution < -0.4 is 9.64 Å². The Balaban J connectivity index is 1.63. The molecular weight excluding hydrogens is 386 g/mol. The van der Waals surface area contributed by atoms with Crippen molar-refractivity contribution in [3.8, 4) is 5.88 Å². The minimum atomic E-state index is -0.0858. The number of rotatable bonds is 4. The van der Waals surface area contributed by atoms with Crippen LogP contribution in [0.2, 0.25) is 0 Å². The van der Waals surface area contributed by atoms with Crippen molar-refractivity contribution in [1.29, 1.82) is 0 Å². The first-order valence-electron chi connectivity index (χ1n) is 8.10. The zero-order chi connectivity index (χ0) is 17.8. The number of nitrogens with zero attached hydrogens (tertiary/aromatic N) is 5. The van der Waals surface area contributed by atoms with E-state index in [1.54, 1.807) is 29.4 Å². The number of carbonyl (C=O) groups is 1. The minimum Gasteiger partial charge on any atom is -0.471 e. The summed E-state index contributed by atoms with van der Waals surface area (Å²) < 4.78 is 6.71. The van der Waals surface area contributed by atoms with E-state index in [0.717, 1.165) is 29.7 Å². The predicted octanol–water partition coefficient (Wildman–Crippen LogP) is 2.38. The van der Waals surface area contributed by atoms with E-state index in [1.165, 1.54) is 0 Å². The molecule has 1 amide bonds. The molecule has 0 radical (unpaired) electrons. The van der Waals surface area contributed by atoms with Crippen LogP contribution in [-0.4, -0.2) is 59.3 Å². The van der Waals surface area contributed by atoms with Crippen LogP contribution >= 0.6 is 15.9 Å². The van der Waals surface area contributed by atoms with E-state index in [9.17, 15) is 4.79 Å². The standard InChI is InChI=1S/C17H20BrN5O2/c1-22(2)15-5-6-16(21-20-15)25-14-4-3-7-23(11-14)17(24)12-8-13(18)10-19-9-12/h5-6,8-10,14H,3-4,7,11H2,1-2H3. The number of aromatic nitrogens is 3. The highest BCUT2D eigenvalue weighted by molar-refractivity contribution is 9.10. The summed E-state index contributed by atoms with van der Waals surface area (Å²) in [5, 5.41) is 8.21. The van der Waals surface area contributed by atoms with Gasteiger partial charge >= 0.3 is 0 Å². The zero-order valence-corrected chi connectivity index (χ0v) is 15.8. The Morgan fingerprint density at radius 3 is 2.84 bits per heavy atom. The van der Waals surface area contributed by atoms with Crippen LogP contribution in [0.3, 0.4) is 0 Å². The smallest absolute Gasteiger partial charge is 0.255 e. The van der Waals surface area contributed by atoms with Gasteiger partial charge in [0, 0.05) is 43.6 Å². The van der Waals surface area contributed by atoms with Gasteiger partial charge in [0.15, 0.2) is 5.82 Å². The molecule has 0 aromatic carbocycles. The van der Waals surface area contributed by atoms with Crippen LogP contribution in [0, 0.1) is 0 Å². The van der Waals surface area contributed by atoms with Crippen molar-refractivity contribution < 1.29 is 9.53 Å². The lowest BCUT2D eigenvalue weighted by Crippen LogP contribution is -2.44. The molecule has 1 aliphatic rings. The highest BCUT2D eigenvalue weighted by atomic mass is 79.9. The Morgan fingerprint density at radius 1 is 1.32 bits per heavy atom. The number of amides is 1. The molecule has 132 valence electrons. The van der Waals surface area contributed by atoms with Gasteiger partial charge in [-0.1, -0.05) is 0 Å². The second-order valence-corrected chi connectivity index (χ2v) is 7.06. The third kappa shape index (κ3) is 4.45. The van der Waals surface area contributed by atoms with Gasteiger partial charge in [-0.05, 0) is 40.9 Å². The second-order valence-electron chi connectivity index (χ2n) is 6.15. The number of pyridine rings is 1. The molecule has 1 saturated heterocycles. The van der Waals surface area contributed by atoms with Gasteiger partial charge in [-0.15, -0.1) is 10.2 Å². The first-order chi connectivity index (χ1) is 12.0. The predicted molar refractivity (Wildman–Crippen MR) is 97.8 cm³/mol. The van der Waals surface area contributed by atoms with Gasteiger partial charge in [-0.2, -0.15) is 0 Å². The largest absolute Gasteiger partial charge is 0.471 e. The Bertz CT molecular complexity index is 738. The quantitative estimate of drug-likeness (QED) is 0.777. The summed E-state index contributed by atoms with van der Waals surface area (Å²) in [6.07, 6.45) is 4.94. The third-order valence-electron chi connectivity index (χ3n) is 3.99. The highest BCUT2D eigenvalue weighted by Crippen LogP contribution is 2.20. The molecule has 1 aliphatic heterocycles. The number of ether oxygens (including phenoxy) is 1. The molecule has 2 aromatic rings. The fourth-order valence-electron chi connectivity index (χ4n) is 2.72. The highest BCUT2D eigenvalue weighted by Gasteiger charge is 2.26. The summed E-state index contributed by atoms with van der Waals surface area (Å²) in [4.78, 5) is 20.4. The number of carbonyl (C=O) groups excluding carboxylic acids is 1. The summed E-state index contributed by atoms with van der Waals surface area (Å²) >= 11 is 3.35. The van der Waals surface area contributed by atoms with Gasteiger partial charge < -0.3 is 14.5 Å². The van der Waals surface area contributed by atoms with Crippen molar-refractivity contribution in [2.24, 2.45) is 0 Å². The van der Waals surface area contributed by atoms with Crippen molar-refractivity contribution in [2.75, 3.05) is 32.1 Å². The Hall–Kier alpha value is -2.22. The van der Waals surface area contributed by atoms with Gasteiger partial charge in [0.05, 0.1) is 12.1 Å². The minimum absolute atomic E-state index is 0.0314. The lowest BCUT2D eigenvalue weighted by molar-refractivity contribution is 0.0525. The maximum Gasteiger partial charge on any atom is 0.255 e. The molecule has 0 bridgehead atoms. The summed E-state index contributed by atoms with van der Waals surface area (Å²) in [6, 6.07) is 5.45. The average molecular weight is 406 g/mol. The number of anilines is 1. The summed E-state index contributed by atoms with van der Waals surface area (Å²) in [7, 11) is 3.82. The number of hydrogen-bond acceptors (Lipinski definition) is 6. The van der Waals surface area contributed by atoms with E-state index in [4.69, 9.17) is 4.74 Å². The monoisotopic (exact) mass is 405 g/mol. The molecule has 3 rings (SSSR count). The van der Waals surface area contributed by atoms with E-state index in [-0.39, 0.29) is 12.0 Å².